The predicted molar refractivity (Wildman–Crippen MR) is 78.5 cm³/mol. The molecule has 2 N–H and O–H groups in total. The van der Waals surface area contributed by atoms with Crippen LogP contribution in [0.15, 0.2) is 53.3 Å². The van der Waals surface area contributed by atoms with Crippen molar-refractivity contribution in [2.24, 2.45) is 0 Å². The van der Waals surface area contributed by atoms with E-state index in [-0.39, 0.29) is 11.5 Å². The van der Waals surface area contributed by atoms with Gasteiger partial charge in [-0.15, -0.1) is 5.10 Å². The minimum Gasteiger partial charge on any atom is -0.317 e. The van der Waals surface area contributed by atoms with Crippen LogP contribution in [0.2, 0.25) is 0 Å². The lowest BCUT2D eigenvalue weighted by atomic mass is 10.3. The van der Waals surface area contributed by atoms with E-state index >= 15 is 0 Å². The molecule has 0 aliphatic carbocycles. The Morgan fingerprint density at radius 1 is 1.13 bits per heavy atom. The number of amides is 1. The highest BCUT2D eigenvalue weighted by atomic mass is 19.1. The van der Waals surface area contributed by atoms with E-state index in [2.05, 4.69) is 15.4 Å². The van der Waals surface area contributed by atoms with Gasteiger partial charge in [0.25, 0.3) is 5.91 Å². The fourth-order valence-electron chi connectivity index (χ4n) is 1.95. The Bertz CT molecular complexity index is 919. The SMILES string of the molecule is O=C(Nc1cc(F)ccc1F)c1nn(-c2ccccc2)c(=O)[nH]1. The highest BCUT2D eigenvalue weighted by molar-refractivity contribution is 6.01. The van der Waals surface area contributed by atoms with Gasteiger partial charge >= 0.3 is 5.69 Å². The van der Waals surface area contributed by atoms with Gasteiger partial charge in [-0.25, -0.2) is 13.6 Å². The zero-order valence-electron chi connectivity index (χ0n) is 11.6. The normalized spacial score (nSPS) is 10.5. The Labute approximate surface area is 128 Å². The van der Waals surface area contributed by atoms with Crippen LogP contribution in [0.5, 0.6) is 0 Å². The molecular weight excluding hydrogens is 306 g/mol. The third-order valence-corrected chi connectivity index (χ3v) is 3.01. The zero-order valence-corrected chi connectivity index (χ0v) is 11.6. The molecule has 0 unspecified atom stereocenters. The number of nitrogens with one attached hydrogen (secondary N) is 2. The molecule has 8 heteroatoms. The molecule has 0 saturated carbocycles. The van der Waals surface area contributed by atoms with E-state index in [0.717, 1.165) is 22.9 Å². The van der Waals surface area contributed by atoms with Crippen molar-refractivity contribution < 1.29 is 13.6 Å². The summed E-state index contributed by atoms with van der Waals surface area (Å²) in [6.45, 7) is 0. The summed E-state index contributed by atoms with van der Waals surface area (Å²) in [6.07, 6.45) is 0. The molecule has 0 fully saturated rings. The minimum atomic E-state index is -0.860. The molecule has 23 heavy (non-hydrogen) atoms. The van der Waals surface area contributed by atoms with Gasteiger partial charge in [0, 0.05) is 6.07 Å². The number of hydrogen-bond donors (Lipinski definition) is 2. The highest BCUT2D eigenvalue weighted by Crippen LogP contribution is 2.15. The lowest BCUT2D eigenvalue weighted by molar-refractivity contribution is 0.101. The Morgan fingerprint density at radius 3 is 2.61 bits per heavy atom. The summed E-state index contributed by atoms with van der Waals surface area (Å²) < 4.78 is 27.6. The second kappa shape index (κ2) is 5.84. The monoisotopic (exact) mass is 316 g/mol. The van der Waals surface area contributed by atoms with Crippen LogP contribution in [0.1, 0.15) is 10.6 Å². The van der Waals surface area contributed by atoms with Gasteiger partial charge < -0.3 is 5.32 Å². The molecule has 6 nitrogen and oxygen atoms in total. The van der Waals surface area contributed by atoms with Crippen molar-refractivity contribution in [3.05, 3.63) is 76.5 Å². The fraction of sp³-hybridized carbons (Fsp3) is 0. The van der Waals surface area contributed by atoms with E-state index in [0.29, 0.717) is 5.69 Å². The number of H-pyrrole nitrogens is 1. The molecule has 0 aliphatic heterocycles. The predicted octanol–water partition coefficient (Wildman–Crippen LogP) is 2.09. The summed E-state index contributed by atoms with van der Waals surface area (Å²) in [7, 11) is 0. The molecule has 1 aromatic heterocycles. The van der Waals surface area contributed by atoms with Crippen molar-refractivity contribution in [3.8, 4) is 5.69 Å². The van der Waals surface area contributed by atoms with Gasteiger partial charge in [0.05, 0.1) is 11.4 Å². The third-order valence-electron chi connectivity index (χ3n) is 3.01. The molecule has 0 atom stereocenters. The van der Waals surface area contributed by atoms with Gasteiger partial charge in [-0.2, -0.15) is 4.68 Å². The minimum absolute atomic E-state index is 0.317. The zero-order chi connectivity index (χ0) is 16.4. The number of nitrogens with zero attached hydrogens (tertiary/aromatic N) is 2. The summed E-state index contributed by atoms with van der Waals surface area (Å²) in [5.41, 5.74) is -0.504. The number of para-hydroxylation sites is 1. The number of benzene rings is 2. The largest absolute Gasteiger partial charge is 0.348 e. The first kappa shape index (κ1) is 14.6. The Morgan fingerprint density at radius 2 is 1.87 bits per heavy atom. The number of anilines is 1. The third kappa shape index (κ3) is 3.00. The Balaban J connectivity index is 1.89. The summed E-state index contributed by atoms with van der Waals surface area (Å²) in [4.78, 5) is 26.1. The number of aromatic nitrogens is 3. The maximum atomic E-state index is 13.5. The van der Waals surface area contributed by atoms with Crippen LogP contribution in [0.3, 0.4) is 0 Å². The Kier molecular flexibility index (Phi) is 3.71. The number of carbonyl (C=O) groups excluding carboxylic acids is 1. The maximum Gasteiger partial charge on any atom is 0.348 e. The number of halogens is 2. The van der Waals surface area contributed by atoms with Gasteiger partial charge in [-0.05, 0) is 24.3 Å². The van der Waals surface area contributed by atoms with Crippen LogP contribution in [-0.2, 0) is 0 Å². The molecule has 3 rings (SSSR count). The topological polar surface area (TPSA) is 79.8 Å². The molecule has 3 aromatic rings. The first-order valence-electron chi connectivity index (χ1n) is 6.56. The fourth-order valence-corrected chi connectivity index (χ4v) is 1.95. The molecule has 0 aliphatic rings. The van der Waals surface area contributed by atoms with Crippen molar-refractivity contribution in [3.63, 3.8) is 0 Å². The van der Waals surface area contributed by atoms with E-state index < -0.39 is 23.2 Å². The molecule has 2 aromatic carbocycles. The first-order valence-corrected chi connectivity index (χ1v) is 6.56. The quantitative estimate of drug-likeness (QED) is 0.776. The van der Waals surface area contributed by atoms with E-state index in [9.17, 15) is 18.4 Å². The van der Waals surface area contributed by atoms with Crippen LogP contribution in [0.25, 0.3) is 5.69 Å². The highest BCUT2D eigenvalue weighted by Gasteiger charge is 2.16. The van der Waals surface area contributed by atoms with Crippen molar-refractivity contribution in [1.82, 2.24) is 14.8 Å². The Hall–Kier alpha value is -3.29. The van der Waals surface area contributed by atoms with E-state index in [1.165, 1.54) is 0 Å². The molecule has 0 radical (unpaired) electrons. The average Bonchev–Trinajstić information content (AvgIpc) is 2.94. The molecule has 0 bridgehead atoms. The summed E-state index contributed by atoms with van der Waals surface area (Å²) >= 11 is 0. The molecular formula is C15H10F2N4O2. The summed E-state index contributed by atoms with van der Waals surface area (Å²) in [5, 5.41) is 6.01. The second-order valence-corrected chi connectivity index (χ2v) is 4.60. The summed E-state index contributed by atoms with van der Waals surface area (Å²) in [5.74, 6) is -2.68. The first-order chi connectivity index (χ1) is 11.0. The maximum absolute atomic E-state index is 13.5. The van der Waals surface area contributed by atoms with Crippen LogP contribution in [-0.4, -0.2) is 20.7 Å². The van der Waals surface area contributed by atoms with Crippen molar-refractivity contribution in [2.45, 2.75) is 0 Å². The standard InChI is InChI=1S/C15H10F2N4O2/c16-9-6-7-11(17)12(8-9)18-14(22)13-19-15(23)21(20-13)10-4-2-1-3-5-10/h1-8H,(H,18,22)(H,19,20,23). The summed E-state index contributed by atoms with van der Waals surface area (Å²) in [6, 6.07) is 11.1. The number of hydrogen-bond acceptors (Lipinski definition) is 3. The van der Waals surface area contributed by atoms with Crippen LogP contribution >= 0.6 is 0 Å². The van der Waals surface area contributed by atoms with E-state index in [1.807, 2.05) is 0 Å². The van der Waals surface area contributed by atoms with Gasteiger partial charge in [0.2, 0.25) is 5.82 Å². The lowest BCUT2D eigenvalue weighted by Crippen LogP contribution is -2.16. The molecule has 1 amide bonds. The number of aromatic amines is 1. The van der Waals surface area contributed by atoms with E-state index in [4.69, 9.17) is 0 Å². The number of carbonyl (C=O) groups is 1. The van der Waals surface area contributed by atoms with Crippen molar-refractivity contribution in [1.29, 1.82) is 0 Å². The molecule has 0 spiro atoms. The second-order valence-electron chi connectivity index (χ2n) is 4.60. The molecule has 1 heterocycles. The molecule has 116 valence electrons. The lowest BCUT2D eigenvalue weighted by Gasteiger charge is -2.04. The van der Waals surface area contributed by atoms with Gasteiger partial charge in [-0.1, -0.05) is 18.2 Å². The van der Waals surface area contributed by atoms with Crippen LogP contribution < -0.4 is 11.0 Å². The molecule has 0 saturated heterocycles. The van der Waals surface area contributed by atoms with Gasteiger partial charge in [0.15, 0.2) is 0 Å². The van der Waals surface area contributed by atoms with Crippen LogP contribution in [0.4, 0.5) is 14.5 Å². The van der Waals surface area contributed by atoms with Crippen molar-refractivity contribution >= 4 is 11.6 Å². The van der Waals surface area contributed by atoms with Crippen LogP contribution in [0, 0.1) is 11.6 Å². The van der Waals surface area contributed by atoms with Gasteiger partial charge in [-0.3, -0.25) is 9.78 Å². The van der Waals surface area contributed by atoms with Gasteiger partial charge in [0.1, 0.15) is 11.6 Å². The van der Waals surface area contributed by atoms with Crippen molar-refractivity contribution in [2.75, 3.05) is 5.32 Å². The van der Waals surface area contributed by atoms with E-state index in [1.54, 1.807) is 30.3 Å². The smallest absolute Gasteiger partial charge is 0.317 e. The number of rotatable bonds is 3. The average molecular weight is 316 g/mol.